The summed E-state index contributed by atoms with van der Waals surface area (Å²) >= 11 is 0. The van der Waals surface area contributed by atoms with E-state index >= 15 is 0 Å². The molecule has 0 radical (unpaired) electrons. The highest BCUT2D eigenvalue weighted by molar-refractivity contribution is 5.87. The number of benzene rings is 2. The molecular weight excluding hydrogens is 336 g/mol. The fraction of sp³-hybridized carbons (Fsp3) is 0.278. The van der Waals surface area contributed by atoms with Gasteiger partial charge in [-0.15, -0.1) is 0 Å². The molecule has 1 N–H and O–H groups in total. The van der Waals surface area contributed by atoms with Crippen LogP contribution in [0, 0.1) is 20.2 Å². The van der Waals surface area contributed by atoms with Gasteiger partial charge in [0.2, 0.25) is 0 Å². The van der Waals surface area contributed by atoms with Crippen LogP contribution in [0.1, 0.15) is 37.2 Å². The Hall–Kier alpha value is -3.29. The van der Waals surface area contributed by atoms with Crippen LogP contribution in [0.25, 0.3) is 0 Å². The lowest BCUT2D eigenvalue weighted by atomic mass is 9.83. The molecule has 0 bridgehead atoms. The van der Waals surface area contributed by atoms with Crippen LogP contribution in [0.15, 0.2) is 53.6 Å². The van der Waals surface area contributed by atoms with Gasteiger partial charge in [-0.2, -0.15) is 5.10 Å². The average molecular weight is 354 g/mol. The molecule has 134 valence electrons. The molecule has 26 heavy (non-hydrogen) atoms. The summed E-state index contributed by atoms with van der Waals surface area (Å²) in [5, 5.41) is 26.3. The second kappa shape index (κ2) is 7.73. The molecule has 0 saturated heterocycles. The molecule has 0 aliphatic heterocycles. The van der Waals surface area contributed by atoms with Gasteiger partial charge >= 0.3 is 5.69 Å². The fourth-order valence-electron chi connectivity index (χ4n) is 3.17. The number of rotatable bonds is 5. The number of hydrazone groups is 1. The highest BCUT2D eigenvalue weighted by Crippen LogP contribution is 2.32. The van der Waals surface area contributed by atoms with E-state index in [0.717, 1.165) is 37.5 Å². The van der Waals surface area contributed by atoms with E-state index < -0.39 is 9.85 Å². The van der Waals surface area contributed by atoms with E-state index in [1.54, 1.807) is 0 Å². The number of hydrogen-bond donors (Lipinski definition) is 1. The van der Waals surface area contributed by atoms with Gasteiger partial charge in [0.1, 0.15) is 5.69 Å². The summed E-state index contributed by atoms with van der Waals surface area (Å²) in [6.07, 6.45) is 3.71. The van der Waals surface area contributed by atoms with Crippen molar-refractivity contribution in [1.82, 2.24) is 0 Å². The zero-order valence-corrected chi connectivity index (χ0v) is 14.0. The molecule has 0 spiro atoms. The standard InChI is InChI=1S/C18H18N4O4/c23-21(24)16-9-10-17(18(12-16)22(25)26)20-19-15-8-4-7-14(11-15)13-5-2-1-3-6-13/h1-3,5-6,9-10,12,14,20H,4,7-8,11H2/b19-15-. The van der Waals surface area contributed by atoms with Crippen molar-refractivity contribution in [2.24, 2.45) is 5.10 Å². The molecule has 1 saturated carbocycles. The summed E-state index contributed by atoms with van der Waals surface area (Å²) in [4.78, 5) is 20.7. The third-order valence-electron chi connectivity index (χ3n) is 4.49. The van der Waals surface area contributed by atoms with Gasteiger partial charge in [0.15, 0.2) is 0 Å². The van der Waals surface area contributed by atoms with E-state index in [0.29, 0.717) is 5.92 Å². The number of nitrogens with zero attached hydrogens (tertiary/aromatic N) is 3. The third-order valence-corrected chi connectivity index (χ3v) is 4.49. The maximum absolute atomic E-state index is 11.2. The summed E-state index contributed by atoms with van der Waals surface area (Å²) in [7, 11) is 0. The first-order chi connectivity index (χ1) is 12.5. The van der Waals surface area contributed by atoms with Crippen molar-refractivity contribution in [2.75, 3.05) is 5.43 Å². The zero-order valence-electron chi connectivity index (χ0n) is 14.0. The second-order valence-corrected chi connectivity index (χ2v) is 6.21. The first-order valence-electron chi connectivity index (χ1n) is 8.34. The van der Waals surface area contributed by atoms with Crippen LogP contribution in [-0.2, 0) is 0 Å². The maximum atomic E-state index is 11.2. The van der Waals surface area contributed by atoms with Crippen LogP contribution in [0.4, 0.5) is 17.1 Å². The maximum Gasteiger partial charge on any atom is 0.301 e. The quantitative estimate of drug-likeness (QED) is 0.621. The number of non-ortho nitro benzene ring substituents is 1. The van der Waals surface area contributed by atoms with Gasteiger partial charge in [0, 0.05) is 11.8 Å². The number of nitro groups is 2. The van der Waals surface area contributed by atoms with Gasteiger partial charge in [-0.1, -0.05) is 30.3 Å². The molecule has 3 rings (SSSR count). The molecule has 8 heteroatoms. The normalized spacial score (nSPS) is 18.5. The van der Waals surface area contributed by atoms with Crippen LogP contribution in [-0.4, -0.2) is 15.6 Å². The minimum Gasteiger partial charge on any atom is -0.272 e. The third kappa shape index (κ3) is 4.02. The average Bonchev–Trinajstić information content (AvgIpc) is 2.67. The number of nitrogens with one attached hydrogen (secondary N) is 1. The number of nitro benzene ring substituents is 2. The van der Waals surface area contributed by atoms with Gasteiger partial charge in [-0.25, -0.2) is 0 Å². The molecular formula is C18H18N4O4. The molecule has 1 aliphatic rings. The van der Waals surface area contributed by atoms with Crippen molar-refractivity contribution in [3.05, 3.63) is 74.3 Å². The number of hydrogen-bond acceptors (Lipinski definition) is 6. The van der Waals surface area contributed by atoms with Crippen molar-refractivity contribution in [3.8, 4) is 0 Å². The Morgan fingerprint density at radius 1 is 1.04 bits per heavy atom. The Bertz CT molecular complexity index is 852. The molecule has 2 aromatic rings. The molecule has 2 aromatic carbocycles. The van der Waals surface area contributed by atoms with Crippen molar-refractivity contribution in [1.29, 1.82) is 0 Å². The Kier molecular flexibility index (Phi) is 5.21. The first-order valence-corrected chi connectivity index (χ1v) is 8.34. The van der Waals surface area contributed by atoms with E-state index in [-0.39, 0.29) is 17.1 Å². The fourth-order valence-corrected chi connectivity index (χ4v) is 3.17. The van der Waals surface area contributed by atoms with Crippen LogP contribution >= 0.6 is 0 Å². The molecule has 1 unspecified atom stereocenters. The molecule has 8 nitrogen and oxygen atoms in total. The van der Waals surface area contributed by atoms with Crippen LogP contribution in [0.3, 0.4) is 0 Å². The van der Waals surface area contributed by atoms with E-state index in [1.807, 2.05) is 18.2 Å². The summed E-state index contributed by atoms with van der Waals surface area (Å²) in [5.74, 6) is 0.386. The van der Waals surface area contributed by atoms with Gasteiger partial charge < -0.3 is 0 Å². The topological polar surface area (TPSA) is 111 Å². The predicted molar refractivity (Wildman–Crippen MR) is 98.5 cm³/mol. The van der Waals surface area contributed by atoms with Crippen molar-refractivity contribution >= 4 is 22.8 Å². The van der Waals surface area contributed by atoms with Gasteiger partial charge in [-0.05, 0) is 43.2 Å². The Morgan fingerprint density at radius 3 is 2.50 bits per heavy atom. The first kappa shape index (κ1) is 17.5. The summed E-state index contributed by atoms with van der Waals surface area (Å²) < 4.78 is 0. The minimum atomic E-state index is -0.658. The predicted octanol–water partition coefficient (Wildman–Crippen LogP) is 4.63. The Labute approximate surface area is 149 Å². The summed E-state index contributed by atoms with van der Waals surface area (Å²) in [6.45, 7) is 0. The van der Waals surface area contributed by atoms with Crippen molar-refractivity contribution < 1.29 is 9.85 Å². The lowest BCUT2D eigenvalue weighted by Crippen LogP contribution is -2.15. The van der Waals surface area contributed by atoms with E-state index in [9.17, 15) is 20.2 Å². The van der Waals surface area contributed by atoms with Crippen LogP contribution < -0.4 is 5.43 Å². The van der Waals surface area contributed by atoms with Gasteiger partial charge in [0.05, 0.1) is 15.9 Å². The molecule has 1 fully saturated rings. The molecule has 1 atom stereocenters. The molecule has 1 aliphatic carbocycles. The highest BCUT2D eigenvalue weighted by atomic mass is 16.6. The Morgan fingerprint density at radius 2 is 1.81 bits per heavy atom. The smallest absolute Gasteiger partial charge is 0.272 e. The Balaban J connectivity index is 1.77. The van der Waals surface area contributed by atoms with Crippen LogP contribution in [0.5, 0.6) is 0 Å². The van der Waals surface area contributed by atoms with E-state index in [2.05, 4.69) is 22.7 Å². The molecule has 0 amide bonds. The second-order valence-electron chi connectivity index (χ2n) is 6.21. The van der Waals surface area contributed by atoms with Crippen LogP contribution in [0.2, 0.25) is 0 Å². The highest BCUT2D eigenvalue weighted by Gasteiger charge is 2.22. The van der Waals surface area contributed by atoms with Gasteiger partial charge in [0.25, 0.3) is 5.69 Å². The lowest BCUT2D eigenvalue weighted by molar-refractivity contribution is -0.393. The van der Waals surface area contributed by atoms with E-state index in [1.165, 1.54) is 17.7 Å². The summed E-state index contributed by atoms with van der Waals surface area (Å²) in [5.41, 5.74) is 4.40. The zero-order chi connectivity index (χ0) is 18.5. The number of anilines is 1. The van der Waals surface area contributed by atoms with Crippen molar-refractivity contribution in [3.63, 3.8) is 0 Å². The monoisotopic (exact) mass is 354 g/mol. The molecule has 0 heterocycles. The van der Waals surface area contributed by atoms with E-state index in [4.69, 9.17) is 0 Å². The lowest BCUT2D eigenvalue weighted by Gasteiger charge is -2.23. The van der Waals surface area contributed by atoms with Gasteiger partial charge in [-0.3, -0.25) is 25.7 Å². The van der Waals surface area contributed by atoms with Crippen molar-refractivity contribution in [2.45, 2.75) is 31.6 Å². The SMILES string of the molecule is O=[N+]([O-])c1ccc(N/N=C2/CCCC(c3ccccc3)C2)c([N+](=O)[O-])c1. The largest absolute Gasteiger partial charge is 0.301 e. The summed E-state index contributed by atoms with van der Waals surface area (Å²) in [6, 6.07) is 13.7. The minimum absolute atomic E-state index is 0.148. The molecule has 0 aromatic heterocycles.